The second kappa shape index (κ2) is 7.15. The molecule has 0 saturated heterocycles. The van der Waals surface area contributed by atoms with Gasteiger partial charge in [-0.1, -0.05) is 20.8 Å². The number of fused-ring (bicyclic) bond motifs is 1. The molecule has 2 aromatic heterocycles. The van der Waals surface area contributed by atoms with Gasteiger partial charge in [0.25, 0.3) is 0 Å². The number of nitrogens with two attached hydrogens (primary N) is 1. The third kappa shape index (κ3) is 3.35. The van der Waals surface area contributed by atoms with E-state index in [4.69, 9.17) is 5.73 Å². The van der Waals surface area contributed by atoms with E-state index in [-0.39, 0.29) is 11.4 Å². The Bertz CT molecular complexity index is 797. The summed E-state index contributed by atoms with van der Waals surface area (Å²) in [5, 5.41) is 13.8. The van der Waals surface area contributed by atoms with E-state index in [0.717, 1.165) is 23.2 Å². The minimum atomic E-state index is -0.220. The van der Waals surface area contributed by atoms with Crippen LogP contribution in [0.4, 0.5) is 16.2 Å². The maximum atomic E-state index is 11.8. The average molecular weight is 358 g/mol. The number of carbonyl (C=O) groups is 1. The maximum absolute atomic E-state index is 11.8. The van der Waals surface area contributed by atoms with Crippen LogP contribution in [-0.2, 0) is 6.54 Å². The number of rotatable bonds is 5. The standard InChI is InChI=1S/C19H30N6O/c1-5-21-18(26)23-14-8-15-17(13(9-20)10-22-25(15)11-14)24-16-7-6-12(2)19(16,3)4/h8,10-12,16,24H,5-7,9,20H2,1-4H3,(H2,21,23,26). The molecule has 0 spiro atoms. The van der Waals surface area contributed by atoms with Crippen LogP contribution in [0.5, 0.6) is 0 Å². The summed E-state index contributed by atoms with van der Waals surface area (Å²) >= 11 is 0. The van der Waals surface area contributed by atoms with Crippen LogP contribution >= 0.6 is 0 Å². The van der Waals surface area contributed by atoms with Crippen molar-refractivity contribution in [3.05, 3.63) is 24.0 Å². The van der Waals surface area contributed by atoms with Gasteiger partial charge >= 0.3 is 6.03 Å². The number of amides is 2. The number of anilines is 2. The van der Waals surface area contributed by atoms with Crippen molar-refractivity contribution in [2.24, 2.45) is 17.1 Å². The lowest BCUT2D eigenvalue weighted by Gasteiger charge is -2.33. The van der Waals surface area contributed by atoms with Gasteiger partial charge in [0.2, 0.25) is 0 Å². The molecule has 0 bridgehead atoms. The molecule has 0 radical (unpaired) electrons. The van der Waals surface area contributed by atoms with Gasteiger partial charge in [0.15, 0.2) is 0 Å². The lowest BCUT2D eigenvalue weighted by Crippen LogP contribution is -2.34. The number of aromatic nitrogens is 2. The molecule has 0 aromatic carbocycles. The van der Waals surface area contributed by atoms with Gasteiger partial charge in [-0.3, -0.25) is 0 Å². The van der Waals surface area contributed by atoms with Gasteiger partial charge in [-0.2, -0.15) is 5.10 Å². The van der Waals surface area contributed by atoms with E-state index in [2.05, 4.69) is 41.8 Å². The zero-order valence-electron chi connectivity index (χ0n) is 16.1. The van der Waals surface area contributed by atoms with Crippen molar-refractivity contribution < 1.29 is 4.79 Å². The Hall–Kier alpha value is -2.28. The van der Waals surface area contributed by atoms with E-state index >= 15 is 0 Å². The Morgan fingerprint density at radius 1 is 1.42 bits per heavy atom. The largest absolute Gasteiger partial charge is 0.380 e. The number of hydrogen-bond donors (Lipinski definition) is 4. The molecule has 3 rings (SSSR count). The van der Waals surface area contributed by atoms with E-state index in [1.165, 1.54) is 6.42 Å². The fourth-order valence-electron chi connectivity index (χ4n) is 3.76. The molecule has 0 aliphatic heterocycles. The van der Waals surface area contributed by atoms with Crippen LogP contribution in [0.15, 0.2) is 18.5 Å². The smallest absolute Gasteiger partial charge is 0.319 e. The molecule has 2 aromatic rings. The van der Waals surface area contributed by atoms with Gasteiger partial charge in [-0.15, -0.1) is 0 Å². The monoisotopic (exact) mass is 358 g/mol. The van der Waals surface area contributed by atoms with Crippen LogP contribution in [0.3, 0.4) is 0 Å². The van der Waals surface area contributed by atoms with Crippen LogP contribution in [0, 0.1) is 11.3 Å². The van der Waals surface area contributed by atoms with Gasteiger partial charge in [0.05, 0.1) is 29.3 Å². The van der Waals surface area contributed by atoms with Crippen molar-refractivity contribution in [1.82, 2.24) is 14.9 Å². The first-order valence-corrected chi connectivity index (χ1v) is 9.38. The topological polar surface area (TPSA) is 96.5 Å². The molecule has 1 aliphatic rings. The van der Waals surface area contributed by atoms with Crippen molar-refractivity contribution in [3.8, 4) is 0 Å². The number of carbonyl (C=O) groups excluding carboxylic acids is 1. The summed E-state index contributed by atoms with van der Waals surface area (Å²) in [6.45, 7) is 9.85. The highest BCUT2D eigenvalue weighted by Gasteiger charge is 2.40. The number of hydrogen-bond acceptors (Lipinski definition) is 4. The molecular formula is C19H30N6O. The summed E-state index contributed by atoms with van der Waals surface area (Å²) in [5.41, 5.74) is 9.81. The van der Waals surface area contributed by atoms with Crippen molar-refractivity contribution in [2.75, 3.05) is 17.2 Å². The van der Waals surface area contributed by atoms with E-state index < -0.39 is 0 Å². The molecule has 1 saturated carbocycles. The van der Waals surface area contributed by atoms with Crippen LogP contribution in [0.25, 0.3) is 5.52 Å². The highest BCUT2D eigenvalue weighted by Crippen LogP contribution is 2.44. The van der Waals surface area contributed by atoms with Crippen LogP contribution in [0.1, 0.15) is 46.1 Å². The van der Waals surface area contributed by atoms with Crippen LogP contribution in [0.2, 0.25) is 0 Å². The first-order chi connectivity index (χ1) is 12.4. The molecule has 26 heavy (non-hydrogen) atoms. The van der Waals surface area contributed by atoms with E-state index in [1.54, 1.807) is 10.7 Å². The third-order valence-electron chi connectivity index (χ3n) is 5.91. The Labute approximate surface area is 154 Å². The van der Waals surface area contributed by atoms with Crippen LogP contribution in [-0.4, -0.2) is 28.2 Å². The zero-order valence-corrected chi connectivity index (χ0v) is 16.1. The van der Waals surface area contributed by atoms with Crippen LogP contribution < -0.4 is 21.7 Å². The van der Waals surface area contributed by atoms with Crippen molar-refractivity contribution in [2.45, 2.75) is 53.1 Å². The molecule has 1 aliphatic carbocycles. The molecule has 2 heterocycles. The highest BCUT2D eigenvalue weighted by atomic mass is 16.2. The van der Waals surface area contributed by atoms with Gasteiger partial charge in [0, 0.05) is 24.7 Å². The molecular weight excluding hydrogens is 328 g/mol. The minimum Gasteiger partial charge on any atom is -0.380 e. The summed E-state index contributed by atoms with van der Waals surface area (Å²) in [5.74, 6) is 0.668. The normalized spacial score (nSPS) is 21.7. The Morgan fingerprint density at radius 2 is 2.19 bits per heavy atom. The van der Waals surface area contributed by atoms with Crippen molar-refractivity contribution in [1.29, 1.82) is 0 Å². The van der Waals surface area contributed by atoms with Gasteiger partial charge in [-0.05, 0) is 37.2 Å². The maximum Gasteiger partial charge on any atom is 0.319 e. The lowest BCUT2D eigenvalue weighted by molar-refractivity contribution is 0.252. The SMILES string of the molecule is CCNC(=O)Nc1cc2c(NC3CCC(C)C3(C)C)c(CN)cnn2c1. The molecule has 1 fully saturated rings. The number of nitrogens with one attached hydrogen (secondary N) is 3. The van der Waals surface area contributed by atoms with E-state index in [0.29, 0.717) is 30.7 Å². The quantitative estimate of drug-likeness (QED) is 0.660. The van der Waals surface area contributed by atoms with Gasteiger partial charge in [0.1, 0.15) is 0 Å². The molecule has 2 atom stereocenters. The lowest BCUT2D eigenvalue weighted by atomic mass is 9.80. The number of nitrogens with zero attached hydrogens (tertiary/aromatic N) is 2. The van der Waals surface area contributed by atoms with E-state index in [9.17, 15) is 4.79 Å². The molecule has 2 unspecified atom stereocenters. The van der Waals surface area contributed by atoms with Crippen molar-refractivity contribution in [3.63, 3.8) is 0 Å². The second-order valence-electron chi connectivity index (χ2n) is 7.79. The van der Waals surface area contributed by atoms with Gasteiger partial charge < -0.3 is 21.7 Å². The summed E-state index contributed by atoms with van der Waals surface area (Å²) in [6, 6.07) is 2.10. The summed E-state index contributed by atoms with van der Waals surface area (Å²) < 4.78 is 1.79. The summed E-state index contributed by atoms with van der Waals surface area (Å²) in [7, 11) is 0. The van der Waals surface area contributed by atoms with Gasteiger partial charge in [-0.25, -0.2) is 9.31 Å². The van der Waals surface area contributed by atoms with E-state index in [1.807, 2.05) is 19.2 Å². The average Bonchev–Trinajstić information content (AvgIpc) is 3.10. The Morgan fingerprint density at radius 3 is 2.81 bits per heavy atom. The fourth-order valence-corrected chi connectivity index (χ4v) is 3.76. The molecule has 7 nitrogen and oxygen atoms in total. The predicted octanol–water partition coefficient (Wildman–Crippen LogP) is 3.17. The predicted molar refractivity (Wildman–Crippen MR) is 105 cm³/mol. The van der Waals surface area contributed by atoms with Crippen molar-refractivity contribution >= 4 is 22.9 Å². The molecule has 2 amide bonds. The number of urea groups is 1. The fraction of sp³-hybridized carbons (Fsp3) is 0.579. The third-order valence-corrected chi connectivity index (χ3v) is 5.91. The second-order valence-corrected chi connectivity index (χ2v) is 7.79. The Kier molecular flexibility index (Phi) is 5.09. The first-order valence-electron chi connectivity index (χ1n) is 9.38. The summed E-state index contributed by atoms with van der Waals surface area (Å²) in [4.78, 5) is 11.8. The first kappa shape index (κ1) is 18.5. The molecule has 5 N–H and O–H groups in total. The Balaban J connectivity index is 1.94. The minimum absolute atomic E-state index is 0.209. The zero-order chi connectivity index (χ0) is 18.9. The molecule has 7 heteroatoms. The summed E-state index contributed by atoms with van der Waals surface area (Å²) in [6.07, 6.45) is 5.97. The highest BCUT2D eigenvalue weighted by molar-refractivity contribution is 5.91. The molecule has 142 valence electrons.